The standard InChI is InChI=1S/C16H27NO/c1-13-10-14(2)12-16(11-13)15(3)17-8-6-4-5-7-9-18/h10-12,15,17-18H,4-9H2,1-3H3. The molecule has 1 unspecified atom stereocenters. The summed E-state index contributed by atoms with van der Waals surface area (Å²) in [5.74, 6) is 0. The first-order chi connectivity index (χ1) is 8.63. The second-order valence-corrected chi connectivity index (χ2v) is 5.23. The summed E-state index contributed by atoms with van der Waals surface area (Å²) in [6.07, 6.45) is 4.46. The van der Waals surface area contributed by atoms with Gasteiger partial charge in [0.05, 0.1) is 0 Å². The van der Waals surface area contributed by atoms with Gasteiger partial charge in [-0.3, -0.25) is 0 Å². The van der Waals surface area contributed by atoms with Crippen LogP contribution in [-0.2, 0) is 0 Å². The number of aryl methyl sites for hydroxylation is 2. The van der Waals surface area contributed by atoms with Crippen LogP contribution in [0.5, 0.6) is 0 Å². The summed E-state index contributed by atoms with van der Waals surface area (Å²) >= 11 is 0. The number of rotatable bonds is 8. The van der Waals surface area contributed by atoms with E-state index < -0.39 is 0 Å². The maximum absolute atomic E-state index is 8.70. The molecule has 0 saturated carbocycles. The van der Waals surface area contributed by atoms with Gasteiger partial charge < -0.3 is 10.4 Å². The van der Waals surface area contributed by atoms with Crippen molar-refractivity contribution in [3.05, 3.63) is 34.9 Å². The molecule has 102 valence electrons. The fourth-order valence-electron chi connectivity index (χ4n) is 2.29. The predicted octanol–water partition coefficient (Wildman–Crippen LogP) is 3.51. The predicted molar refractivity (Wildman–Crippen MR) is 77.9 cm³/mol. The number of hydrogen-bond donors (Lipinski definition) is 2. The maximum Gasteiger partial charge on any atom is 0.0431 e. The molecule has 18 heavy (non-hydrogen) atoms. The van der Waals surface area contributed by atoms with E-state index in [9.17, 15) is 0 Å². The van der Waals surface area contributed by atoms with Crippen molar-refractivity contribution >= 4 is 0 Å². The van der Waals surface area contributed by atoms with E-state index in [0.717, 1.165) is 19.4 Å². The molecule has 0 spiro atoms. The molecule has 1 aromatic carbocycles. The van der Waals surface area contributed by atoms with Crippen molar-refractivity contribution in [1.29, 1.82) is 0 Å². The van der Waals surface area contributed by atoms with Crippen LogP contribution < -0.4 is 5.32 Å². The zero-order chi connectivity index (χ0) is 13.4. The quantitative estimate of drug-likeness (QED) is 0.691. The number of hydrogen-bond acceptors (Lipinski definition) is 2. The van der Waals surface area contributed by atoms with E-state index in [1.807, 2.05) is 0 Å². The van der Waals surface area contributed by atoms with Crippen LogP contribution in [0.25, 0.3) is 0 Å². The minimum Gasteiger partial charge on any atom is -0.396 e. The molecule has 1 atom stereocenters. The molecule has 0 radical (unpaired) electrons. The van der Waals surface area contributed by atoms with Crippen LogP contribution in [0.2, 0.25) is 0 Å². The van der Waals surface area contributed by atoms with Crippen molar-refractivity contribution in [1.82, 2.24) is 5.32 Å². The molecule has 0 aliphatic carbocycles. The first-order valence-corrected chi connectivity index (χ1v) is 7.06. The lowest BCUT2D eigenvalue weighted by molar-refractivity contribution is 0.282. The highest BCUT2D eigenvalue weighted by atomic mass is 16.2. The molecule has 0 saturated heterocycles. The van der Waals surface area contributed by atoms with Gasteiger partial charge in [0.15, 0.2) is 0 Å². The van der Waals surface area contributed by atoms with Crippen LogP contribution in [-0.4, -0.2) is 18.3 Å². The molecular formula is C16H27NO. The third-order valence-corrected chi connectivity index (χ3v) is 3.28. The molecule has 0 amide bonds. The number of benzene rings is 1. The average molecular weight is 249 g/mol. The van der Waals surface area contributed by atoms with Crippen LogP contribution in [0, 0.1) is 13.8 Å². The van der Waals surface area contributed by atoms with Gasteiger partial charge in [0.1, 0.15) is 0 Å². The topological polar surface area (TPSA) is 32.3 Å². The summed E-state index contributed by atoms with van der Waals surface area (Å²) in [6.45, 7) is 7.91. The zero-order valence-electron chi connectivity index (χ0n) is 12.0. The second kappa shape index (κ2) is 8.28. The van der Waals surface area contributed by atoms with E-state index >= 15 is 0 Å². The first kappa shape index (κ1) is 15.2. The minimum atomic E-state index is 0.326. The van der Waals surface area contributed by atoms with Gasteiger partial charge in [0.25, 0.3) is 0 Å². The van der Waals surface area contributed by atoms with E-state index in [1.54, 1.807) is 0 Å². The van der Waals surface area contributed by atoms with E-state index in [4.69, 9.17) is 5.11 Å². The molecule has 1 rings (SSSR count). The van der Waals surface area contributed by atoms with E-state index in [2.05, 4.69) is 44.3 Å². The molecule has 0 heterocycles. The van der Waals surface area contributed by atoms with Gasteiger partial charge in [-0.2, -0.15) is 0 Å². The Bertz CT molecular complexity index is 329. The van der Waals surface area contributed by atoms with Crippen LogP contribution in [0.4, 0.5) is 0 Å². The molecule has 1 aromatic rings. The Labute approximate surface area is 111 Å². The number of aliphatic hydroxyl groups is 1. The van der Waals surface area contributed by atoms with Crippen molar-refractivity contribution < 1.29 is 5.11 Å². The molecule has 0 fully saturated rings. The third kappa shape index (κ3) is 5.65. The van der Waals surface area contributed by atoms with Gasteiger partial charge in [0.2, 0.25) is 0 Å². The number of nitrogens with one attached hydrogen (secondary N) is 1. The SMILES string of the molecule is Cc1cc(C)cc(C(C)NCCCCCCO)c1. The van der Waals surface area contributed by atoms with Gasteiger partial charge in [0, 0.05) is 12.6 Å². The highest BCUT2D eigenvalue weighted by Crippen LogP contribution is 2.16. The van der Waals surface area contributed by atoms with Gasteiger partial charge in [-0.25, -0.2) is 0 Å². The second-order valence-electron chi connectivity index (χ2n) is 5.23. The average Bonchev–Trinajstić information content (AvgIpc) is 2.32. The Hall–Kier alpha value is -0.860. The molecule has 2 N–H and O–H groups in total. The van der Waals surface area contributed by atoms with E-state index in [-0.39, 0.29) is 0 Å². The van der Waals surface area contributed by atoms with Gasteiger partial charge in [-0.15, -0.1) is 0 Å². The smallest absolute Gasteiger partial charge is 0.0431 e. The van der Waals surface area contributed by atoms with Crippen LogP contribution in [0.15, 0.2) is 18.2 Å². The number of unbranched alkanes of at least 4 members (excludes halogenated alkanes) is 3. The van der Waals surface area contributed by atoms with Crippen LogP contribution >= 0.6 is 0 Å². The Balaban J connectivity index is 2.29. The van der Waals surface area contributed by atoms with Crippen LogP contribution in [0.3, 0.4) is 0 Å². The lowest BCUT2D eigenvalue weighted by Crippen LogP contribution is -2.20. The molecule has 0 aromatic heterocycles. The van der Waals surface area contributed by atoms with E-state index in [1.165, 1.54) is 29.5 Å². The molecule has 2 heteroatoms. The molecular weight excluding hydrogens is 222 g/mol. The highest BCUT2D eigenvalue weighted by Gasteiger charge is 2.05. The van der Waals surface area contributed by atoms with Crippen molar-refractivity contribution in [3.8, 4) is 0 Å². The van der Waals surface area contributed by atoms with E-state index in [0.29, 0.717) is 12.6 Å². The maximum atomic E-state index is 8.70. The van der Waals surface area contributed by atoms with Gasteiger partial charge in [-0.1, -0.05) is 42.2 Å². The summed E-state index contributed by atoms with van der Waals surface area (Å²) in [5, 5.41) is 12.3. The normalized spacial score (nSPS) is 12.7. The summed E-state index contributed by atoms with van der Waals surface area (Å²) in [6, 6.07) is 7.15. The van der Waals surface area contributed by atoms with Gasteiger partial charge in [-0.05, 0) is 45.7 Å². The molecule has 0 aliphatic rings. The monoisotopic (exact) mass is 249 g/mol. The summed E-state index contributed by atoms with van der Waals surface area (Å²) in [5.41, 5.74) is 4.05. The first-order valence-electron chi connectivity index (χ1n) is 7.06. The Morgan fingerprint density at radius 3 is 2.22 bits per heavy atom. The fraction of sp³-hybridized carbons (Fsp3) is 0.625. The summed E-state index contributed by atoms with van der Waals surface area (Å²) in [7, 11) is 0. The third-order valence-electron chi connectivity index (χ3n) is 3.28. The highest BCUT2D eigenvalue weighted by molar-refractivity contribution is 5.30. The van der Waals surface area contributed by atoms with Crippen LogP contribution in [0.1, 0.15) is 55.3 Å². The molecule has 0 bridgehead atoms. The Kier molecular flexibility index (Phi) is 6.99. The molecule has 0 aliphatic heterocycles. The summed E-state index contributed by atoms with van der Waals surface area (Å²) in [4.78, 5) is 0. The summed E-state index contributed by atoms with van der Waals surface area (Å²) < 4.78 is 0. The molecule has 2 nitrogen and oxygen atoms in total. The fourth-order valence-corrected chi connectivity index (χ4v) is 2.29. The largest absolute Gasteiger partial charge is 0.396 e. The lowest BCUT2D eigenvalue weighted by Gasteiger charge is -2.15. The number of aliphatic hydroxyl groups excluding tert-OH is 1. The Morgan fingerprint density at radius 2 is 1.61 bits per heavy atom. The van der Waals surface area contributed by atoms with Crippen molar-refractivity contribution in [2.75, 3.05) is 13.2 Å². The van der Waals surface area contributed by atoms with Crippen molar-refractivity contribution in [3.63, 3.8) is 0 Å². The lowest BCUT2D eigenvalue weighted by atomic mass is 10.0. The Morgan fingerprint density at radius 1 is 1.00 bits per heavy atom. The van der Waals surface area contributed by atoms with Gasteiger partial charge >= 0.3 is 0 Å². The van der Waals surface area contributed by atoms with Crippen molar-refractivity contribution in [2.45, 2.75) is 52.5 Å². The zero-order valence-corrected chi connectivity index (χ0v) is 12.0. The minimum absolute atomic E-state index is 0.326. The van der Waals surface area contributed by atoms with Crippen molar-refractivity contribution in [2.24, 2.45) is 0 Å².